The maximum absolute atomic E-state index is 11.0. The number of carboxylic acid groups (broad SMARTS) is 1. The van der Waals surface area contributed by atoms with E-state index in [0.717, 1.165) is 6.07 Å². The first-order valence-electron chi connectivity index (χ1n) is 3.19. The Labute approximate surface area is 87.1 Å². The van der Waals surface area contributed by atoms with E-state index in [-0.39, 0.29) is 10.5 Å². The normalized spacial score (nSPS) is 11.2. The zero-order chi connectivity index (χ0) is 10.1. The average molecular weight is 312 g/mol. The summed E-state index contributed by atoms with van der Waals surface area (Å²) in [5.41, 5.74) is -0.0299. The molecule has 70 valence electrons. The average Bonchev–Trinajstić information content (AvgIpc) is 2.03. The van der Waals surface area contributed by atoms with E-state index in [4.69, 9.17) is 5.11 Å². The quantitative estimate of drug-likeness (QED) is 0.664. The summed E-state index contributed by atoms with van der Waals surface area (Å²) >= 11 is 1.26. The van der Waals surface area contributed by atoms with Crippen molar-refractivity contribution in [2.24, 2.45) is 0 Å². The number of aromatic carboxylic acids is 1. The van der Waals surface area contributed by atoms with Gasteiger partial charge in [-0.15, -0.1) is 0 Å². The number of hydrogen-bond donors (Lipinski definition) is 1. The summed E-state index contributed by atoms with van der Waals surface area (Å²) in [6.45, 7) is 0. The van der Waals surface area contributed by atoms with Crippen molar-refractivity contribution in [3.8, 4) is 0 Å². The second-order valence-corrected chi connectivity index (χ2v) is 7.10. The van der Waals surface area contributed by atoms with Crippen LogP contribution in [0.1, 0.15) is 10.4 Å². The molecule has 0 saturated carbocycles. The topological polar surface area (TPSA) is 71.4 Å². The van der Waals surface area contributed by atoms with Gasteiger partial charge in [-0.2, -0.15) is 0 Å². The summed E-state index contributed by atoms with van der Waals surface area (Å²) in [4.78, 5) is 10.5. The fraction of sp³-hybridized carbons (Fsp3) is 0. The standard InChI is InChI=1S/C7H5IO4S/c8-13(11,12)6-3-1-2-5(4-6)7(9)10/h1-4H,(H,9,10). The second-order valence-electron chi connectivity index (χ2n) is 2.27. The minimum atomic E-state index is -3.35. The molecule has 0 aliphatic rings. The Morgan fingerprint density at radius 3 is 2.46 bits per heavy atom. The Balaban J connectivity index is 3.29. The molecule has 0 atom stereocenters. The molecule has 1 N–H and O–H groups in total. The summed E-state index contributed by atoms with van der Waals surface area (Å²) in [5.74, 6) is -1.14. The molecule has 1 rings (SSSR count). The third-order valence-corrected chi connectivity index (χ3v) is 3.71. The molecule has 0 unspecified atom stereocenters. The highest BCUT2D eigenvalue weighted by Crippen LogP contribution is 2.18. The van der Waals surface area contributed by atoms with Crippen molar-refractivity contribution in [3.63, 3.8) is 0 Å². The van der Waals surface area contributed by atoms with Gasteiger partial charge in [0.2, 0.25) is 7.01 Å². The van der Waals surface area contributed by atoms with Crippen molar-refractivity contribution in [2.75, 3.05) is 0 Å². The Hall–Kier alpha value is -0.630. The molecule has 0 aromatic heterocycles. The fourth-order valence-corrected chi connectivity index (χ4v) is 2.11. The molecular formula is C7H5IO4S. The van der Waals surface area contributed by atoms with Gasteiger partial charge in [-0.25, -0.2) is 13.2 Å². The second kappa shape index (κ2) is 3.62. The third kappa shape index (κ3) is 2.66. The number of rotatable bonds is 2. The molecule has 0 fully saturated rings. The predicted octanol–water partition coefficient (Wildman–Crippen LogP) is 1.51. The lowest BCUT2D eigenvalue weighted by molar-refractivity contribution is 0.0696. The number of benzene rings is 1. The van der Waals surface area contributed by atoms with Crippen LogP contribution in [0.25, 0.3) is 0 Å². The summed E-state index contributed by atoms with van der Waals surface area (Å²) in [6, 6.07) is 5.22. The first-order chi connectivity index (χ1) is 5.91. The van der Waals surface area contributed by atoms with Gasteiger partial charge in [-0.05, 0) is 18.2 Å². The molecule has 0 aliphatic heterocycles. The zero-order valence-electron chi connectivity index (χ0n) is 6.27. The van der Waals surface area contributed by atoms with Crippen molar-refractivity contribution < 1.29 is 18.3 Å². The van der Waals surface area contributed by atoms with Crippen LogP contribution in [-0.2, 0) is 7.01 Å². The van der Waals surface area contributed by atoms with Gasteiger partial charge < -0.3 is 5.11 Å². The molecule has 0 heterocycles. The van der Waals surface area contributed by atoms with Crippen LogP contribution in [0.2, 0.25) is 0 Å². The van der Waals surface area contributed by atoms with Crippen LogP contribution in [-0.4, -0.2) is 19.5 Å². The molecule has 1 aromatic rings. The highest BCUT2D eigenvalue weighted by Gasteiger charge is 2.11. The van der Waals surface area contributed by atoms with Crippen molar-refractivity contribution in [2.45, 2.75) is 4.90 Å². The molecule has 4 nitrogen and oxygen atoms in total. The van der Waals surface area contributed by atoms with Crippen molar-refractivity contribution >= 4 is 34.2 Å². The van der Waals surface area contributed by atoms with Crippen molar-refractivity contribution in [1.29, 1.82) is 0 Å². The Morgan fingerprint density at radius 2 is 2.00 bits per heavy atom. The van der Waals surface area contributed by atoms with Gasteiger partial charge in [0.15, 0.2) is 0 Å². The zero-order valence-corrected chi connectivity index (χ0v) is 9.24. The number of carbonyl (C=O) groups is 1. The predicted molar refractivity (Wildman–Crippen MR) is 54.6 cm³/mol. The Kier molecular flexibility index (Phi) is 2.91. The van der Waals surface area contributed by atoms with Gasteiger partial charge in [0.05, 0.1) is 31.7 Å². The number of halogens is 1. The van der Waals surface area contributed by atoms with Crippen LogP contribution in [0.5, 0.6) is 0 Å². The number of carboxylic acids is 1. The smallest absolute Gasteiger partial charge is 0.335 e. The summed E-state index contributed by atoms with van der Waals surface area (Å²) in [6.07, 6.45) is 0. The molecule has 6 heteroatoms. The lowest BCUT2D eigenvalue weighted by atomic mass is 10.2. The molecule has 0 amide bonds. The van der Waals surface area contributed by atoms with Crippen LogP contribution in [0, 0.1) is 0 Å². The van der Waals surface area contributed by atoms with Gasteiger partial charge in [-0.1, -0.05) is 6.07 Å². The van der Waals surface area contributed by atoms with Crippen LogP contribution in [0.15, 0.2) is 29.2 Å². The monoisotopic (exact) mass is 312 g/mol. The minimum Gasteiger partial charge on any atom is -0.478 e. The maximum atomic E-state index is 11.0. The van der Waals surface area contributed by atoms with E-state index in [9.17, 15) is 13.2 Å². The van der Waals surface area contributed by atoms with Gasteiger partial charge in [0.1, 0.15) is 0 Å². The molecule has 0 spiro atoms. The van der Waals surface area contributed by atoms with Crippen LogP contribution < -0.4 is 0 Å². The van der Waals surface area contributed by atoms with E-state index < -0.39 is 13.0 Å². The largest absolute Gasteiger partial charge is 0.478 e. The summed E-state index contributed by atoms with van der Waals surface area (Å²) in [7, 11) is -3.35. The molecule has 13 heavy (non-hydrogen) atoms. The SMILES string of the molecule is O=C(O)c1cccc(S(=O)(=O)I)c1. The Morgan fingerprint density at radius 1 is 1.38 bits per heavy atom. The maximum Gasteiger partial charge on any atom is 0.335 e. The highest BCUT2D eigenvalue weighted by atomic mass is 127. The van der Waals surface area contributed by atoms with Crippen molar-refractivity contribution in [3.05, 3.63) is 29.8 Å². The lowest BCUT2D eigenvalue weighted by Crippen LogP contribution is -1.98. The summed E-state index contributed by atoms with van der Waals surface area (Å²) in [5, 5.41) is 8.58. The molecule has 0 radical (unpaired) electrons. The molecule has 0 saturated heterocycles. The van der Waals surface area contributed by atoms with Crippen LogP contribution in [0.4, 0.5) is 0 Å². The van der Waals surface area contributed by atoms with Crippen LogP contribution >= 0.6 is 21.2 Å². The molecule has 1 aromatic carbocycles. The lowest BCUT2D eigenvalue weighted by Gasteiger charge is -1.97. The van der Waals surface area contributed by atoms with E-state index in [2.05, 4.69) is 0 Å². The van der Waals surface area contributed by atoms with E-state index in [0.29, 0.717) is 0 Å². The van der Waals surface area contributed by atoms with Crippen LogP contribution in [0.3, 0.4) is 0 Å². The van der Waals surface area contributed by atoms with Gasteiger partial charge in [-0.3, -0.25) is 0 Å². The van der Waals surface area contributed by atoms with E-state index in [1.807, 2.05) is 0 Å². The molecular weight excluding hydrogens is 307 g/mol. The third-order valence-electron chi connectivity index (χ3n) is 1.36. The first kappa shape index (κ1) is 10.5. The fourth-order valence-electron chi connectivity index (χ4n) is 0.781. The van der Waals surface area contributed by atoms with E-state index in [1.54, 1.807) is 0 Å². The minimum absolute atomic E-state index is 0.00741. The van der Waals surface area contributed by atoms with Gasteiger partial charge in [0, 0.05) is 0 Å². The van der Waals surface area contributed by atoms with Gasteiger partial charge >= 0.3 is 5.97 Å². The van der Waals surface area contributed by atoms with E-state index in [1.165, 1.54) is 39.4 Å². The highest BCUT2D eigenvalue weighted by molar-refractivity contribution is 14.2. The molecule has 0 aliphatic carbocycles. The number of hydrogen-bond acceptors (Lipinski definition) is 3. The van der Waals surface area contributed by atoms with Gasteiger partial charge in [0.25, 0.3) is 0 Å². The summed E-state index contributed by atoms with van der Waals surface area (Å²) < 4.78 is 22.0. The first-order valence-corrected chi connectivity index (χ1v) is 7.22. The molecule has 0 bridgehead atoms. The Bertz CT molecular complexity index is 438. The van der Waals surface area contributed by atoms with E-state index >= 15 is 0 Å². The van der Waals surface area contributed by atoms with Crippen molar-refractivity contribution in [1.82, 2.24) is 0 Å².